The van der Waals surface area contributed by atoms with Crippen LogP contribution in [-0.2, 0) is 21.9 Å². The molecule has 5 nitrogen and oxygen atoms in total. The monoisotopic (exact) mass is 442 g/mol. The van der Waals surface area contributed by atoms with Crippen LogP contribution < -0.4 is 10.1 Å². The van der Waals surface area contributed by atoms with Gasteiger partial charge in [-0.05, 0) is 43.5 Å². The first-order valence-corrected chi connectivity index (χ1v) is 11.9. The lowest BCUT2D eigenvalue weighted by molar-refractivity contribution is -0.140. The number of nitrogens with one attached hydrogen (secondary N) is 1. The quantitative estimate of drug-likeness (QED) is 0.486. The molecule has 2 atom stereocenters. The van der Waals surface area contributed by atoms with E-state index in [-0.39, 0.29) is 17.9 Å². The van der Waals surface area contributed by atoms with Crippen molar-refractivity contribution in [1.82, 2.24) is 10.2 Å². The van der Waals surface area contributed by atoms with E-state index in [1.54, 1.807) is 30.7 Å². The molecule has 0 unspecified atom stereocenters. The maximum atomic E-state index is 13.1. The van der Waals surface area contributed by atoms with Gasteiger partial charge in [0.25, 0.3) is 0 Å². The SMILES string of the molecule is CC[C@H](C)NC(=O)[C@H](C)N(Cc1cccc(OC)c1)C(=O)CCSCc1ccccc1. The molecule has 0 bridgehead atoms. The fourth-order valence-electron chi connectivity index (χ4n) is 3.08. The predicted molar refractivity (Wildman–Crippen MR) is 128 cm³/mol. The summed E-state index contributed by atoms with van der Waals surface area (Å²) in [5, 5.41) is 3.00. The number of amides is 2. The lowest BCUT2D eigenvalue weighted by Crippen LogP contribution is -2.49. The normalized spacial score (nSPS) is 12.6. The maximum Gasteiger partial charge on any atom is 0.242 e. The summed E-state index contributed by atoms with van der Waals surface area (Å²) in [6.45, 7) is 6.17. The molecule has 0 saturated carbocycles. The molecule has 0 heterocycles. The molecular weight excluding hydrogens is 408 g/mol. The molecule has 1 N–H and O–H groups in total. The van der Waals surface area contributed by atoms with Crippen LogP contribution in [0.15, 0.2) is 54.6 Å². The Morgan fingerprint density at radius 2 is 1.77 bits per heavy atom. The zero-order valence-electron chi connectivity index (χ0n) is 19.0. The Bertz CT molecular complexity index is 829. The fourth-order valence-corrected chi connectivity index (χ4v) is 3.97. The van der Waals surface area contributed by atoms with Crippen LogP contribution in [0, 0.1) is 0 Å². The van der Waals surface area contributed by atoms with Crippen molar-refractivity contribution in [3.63, 3.8) is 0 Å². The summed E-state index contributed by atoms with van der Waals surface area (Å²) < 4.78 is 5.31. The van der Waals surface area contributed by atoms with Crippen LogP contribution in [-0.4, -0.2) is 41.7 Å². The lowest BCUT2D eigenvalue weighted by atomic mass is 10.1. The molecule has 2 aromatic rings. The zero-order chi connectivity index (χ0) is 22.6. The highest BCUT2D eigenvalue weighted by Crippen LogP contribution is 2.18. The third-order valence-corrected chi connectivity index (χ3v) is 6.26. The molecule has 2 rings (SSSR count). The van der Waals surface area contributed by atoms with Gasteiger partial charge in [-0.2, -0.15) is 11.8 Å². The van der Waals surface area contributed by atoms with Gasteiger partial charge in [-0.1, -0.05) is 49.4 Å². The molecule has 0 aromatic heterocycles. The second kappa shape index (κ2) is 13.1. The van der Waals surface area contributed by atoms with Crippen molar-refractivity contribution < 1.29 is 14.3 Å². The van der Waals surface area contributed by atoms with Gasteiger partial charge in [-0.15, -0.1) is 0 Å². The summed E-state index contributed by atoms with van der Waals surface area (Å²) in [6, 6.07) is 17.4. The minimum Gasteiger partial charge on any atom is -0.497 e. The second-order valence-electron chi connectivity index (χ2n) is 7.66. The standard InChI is InChI=1S/C25H34N2O3S/c1-5-19(2)26-25(29)20(3)27(17-22-12-9-13-23(16-22)30-4)24(28)14-15-31-18-21-10-7-6-8-11-21/h6-13,16,19-20H,5,14-15,17-18H2,1-4H3,(H,26,29)/t19-,20-/m0/s1. The van der Waals surface area contributed by atoms with Crippen LogP contribution in [0.1, 0.15) is 44.7 Å². The molecule has 0 aliphatic heterocycles. The molecule has 0 fully saturated rings. The smallest absolute Gasteiger partial charge is 0.242 e. The Labute approximate surface area is 190 Å². The van der Waals surface area contributed by atoms with Crippen molar-refractivity contribution in [1.29, 1.82) is 0 Å². The number of rotatable bonds is 12. The van der Waals surface area contributed by atoms with Crippen LogP contribution in [0.4, 0.5) is 0 Å². The minimum absolute atomic E-state index is 0.0183. The van der Waals surface area contributed by atoms with Crippen molar-refractivity contribution in [2.75, 3.05) is 12.9 Å². The average Bonchev–Trinajstić information content (AvgIpc) is 2.80. The van der Waals surface area contributed by atoms with Gasteiger partial charge in [0, 0.05) is 30.5 Å². The van der Waals surface area contributed by atoms with Crippen molar-refractivity contribution in [2.45, 2.75) is 58.0 Å². The summed E-state index contributed by atoms with van der Waals surface area (Å²) in [5.74, 6) is 2.17. The number of carbonyl (C=O) groups excluding carboxylic acids is 2. The van der Waals surface area contributed by atoms with Crippen molar-refractivity contribution in [3.8, 4) is 5.75 Å². The highest BCUT2D eigenvalue weighted by Gasteiger charge is 2.26. The number of hydrogen-bond donors (Lipinski definition) is 1. The molecule has 0 radical (unpaired) electrons. The summed E-state index contributed by atoms with van der Waals surface area (Å²) >= 11 is 1.73. The third-order valence-electron chi connectivity index (χ3n) is 5.23. The minimum atomic E-state index is -0.549. The summed E-state index contributed by atoms with van der Waals surface area (Å²) in [6.07, 6.45) is 1.24. The zero-order valence-corrected chi connectivity index (χ0v) is 19.8. The molecule has 0 saturated heterocycles. The number of nitrogens with zero attached hydrogens (tertiary/aromatic N) is 1. The molecule has 31 heavy (non-hydrogen) atoms. The van der Waals surface area contributed by atoms with E-state index in [0.717, 1.165) is 23.5 Å². The first-order chi connectivity index (χ1) is 14.9. The second-order valence-corrected chi connectivity index (χ2v) is 8.76. The summed E-state index contributed by atoms with van der Waals surface area (Å²) in [4.78, 5) is 27.5. The Balaban J connectivity index is 2.03. The first kappa shape index (κ1) is 24.8. The van der Waals surface area contributed by atoms with Crippen LogP contribution in [0.5, 0.6) is 5.75 Å². The summed E-state index contributed by atoms with van der Waals surface area (Å²) in [5.41, 5.74) is 2.18. The van der Waals surface area contributed by atoms with Crippen molar-refractivity contribution in [3.05, 3.63) is 65.7 Å². The van der Waals surface area contributed by atoms with E-state index in [2.05, 4.69) is 17.4 Å². The number of thioether (sulfide) groups is 1. The van der Waals surface area contributed by atoms with Gasteiger partial charge in [0.15, 0.2) is 0 Å². The molecular formula is C25H34N2O3S. The van der Waals surface area contributed by atoms with E-state index in [0.29, 0.717) is 18.7 Å². The number of benzene rings is 2. The molecule has 0 spiro atoms. The molecule has 6 heteroatoms. The highest BCUT2D eigenvalue weighted by molar-refractivity contribution is 7.98. The predicted octanol–water partition coefficient (Wildman–Crippen LogP) is 4.65. The molecule has 2 aromatic carbocycles. The third kappa shape index (κ3) is 8.29. The molecule has 168 valence electrons. The van der Waals surface area contributed by atoms with Gasteiger partial charge in [0.1, 0.15) is 11.8 Å². The number of methoxy groups -OCH3 is 1. The largest absolute Gasteiger partial charge is 0.497 e. The first-order valence-electron chi connectivity index (χ1n) is 10.8. The summed E-state index contributed by atoms with van der Waals surface area (Å²) in [7, 11) is 1.62. The van der Waals surface area contributed by atoms with Gasteiger partial charge in [-0.25, -0.2) is 0 Å². The van der Waals surface area contributed by atoms with Gasteiger partial charge in [0.2, 0.25) is 11.8 Å². The van der Waals surface area contributed by atoms with Gasteiger partial charge in [-0.3, -0.25) is 9.59 Å². The van der Waals surface area contributed by atoms with Crippen LogP contribution >= 0.6 is 11.8 Å². The Morgan fingerprint density at radius 1 is 1.06 bits per heavy atom. The average molecular weight is 443 g/mol. The van der Waals surface area contributed by atoms with E-state index in [9.17, 15) is 9.59 Å². The molecule has 0 aliphatic carbocycles. The highest BCUT2D eigenvalue weighted by atomic mass is 32.2. The van der Waals surface area contributed by atoms with Crippen LogP contribution in [0.25, 0.3) is 0 Å². The van der Waals surface area contributed by atoms with E-state index < -0.39 is 6.04 Å². The number of ether oxygens (including phenoxy) is 1. The Morgan fingerprint density at radius 3 is 2.45 bits per heavy atom. The Kier molecular flexibility index (Phi) is 10.4. The topological polar surface area (TPSA) is 58.6 Å². The van der Waals surface area contributed by atoms with E-state index in [4.69, 9.17) is 4.74 Å². The fraction of sp³-hybridized carbons (Fsp3) is 0.440. The maximum absolute atomic E-state index is 13.1. The van der Waals surface area contributed by atoms with E-state index in [1.807, 2.05) is 56.3 Å². The van der Waals surface area contributed by atoms with Crippen LogP contribution in [0.3, 0.4) is 0 Å². The number of hydrogen-bond acceptors (Lipinski definition) is 4. The Hall–Kier alpha value is -2.47. The lowest BCUT2D eigenvalue weighted by Gasteiger charge is -2.30. The number of carbonyl (C=O) groups is 2. The van der Waals surface area contributed by atoms with Gasteiger partial charge < -0.3 is 15.0 Å². The van der Waals surface area contributed by atoms with E-state index >= 15 is 0 Å². The van der Waals surface area contributed by atoms with E-state index in [1.165, 1.54) is 5.56 Å². The van der Waals surface area contributed by atoms with Gasteiger partial charge >= 0.3 is 0 Å². The van der Waals surface area contributed by atoms with Crippen molar-refractivity contribution >= 4 is 23.6 Å². The van der Waals surface area contributed by atoms with Crippen molar-refractivity contribution in [2.24, 2.45) is 0 Å². The molecule has 2 amide bonds. The van der Waals surface area contributed by atoms with Gasteiger partial charge in [0.05, 0.1) is 7.11 Å². The molecule has 0 aliphatic rings. The van der Waals surface area contributed by atoms with Crippen LogP contribution in [0.2, 0.25) is 0 Å².